The van der Waals surface area contributed by atoms with Crippen LogP contribution in [0.25, 0.3) is 0 Å². The van der Waals surface area contributed by atoms with E-state index in [0.717, 1.165) is 17.5 Å². The molecular formula is C12H17NO. The van der Waals surface area contributed by atoms with Crippen LogP contribution in [0.3, 0.4) is 0 Å². The van der Waals surface area contributed by atoms with Crippen LogP contribution in [0.2, 0.25) is 0 Å². The third-order valence-corrected chi connectivity index (χ3v) is 2.29. The van der Waals surface area contributed by atoms with Crippen LogP contribution in [0.5, 0.6) is 0 Å². The number of carbonyl (C=O) groups is 1. The molecule has 1 amide bonds. The molecule has 1 aromatic carbocycles. The van der Waals surface area contributed by atoms with Crippen molar-refractivity contribution in [2.45, 2.75) is 27.2 Å². The van der Waals surface area contributed by atoms with Crippen molar-refractivity contribution in [1.82, 2.24) is 0 Å². The summed E-state index contributed by atoms with van der Waals surface area (Å²) in [7, 11) is 0. The molecule has 1 rings (SSSR count). The molecule has 2 heteroatoms. The quantitative estimate of drug-likeness (QED) is 0.782. The van der Waals surface area contributed by atoms with E-state index in [9.17, 15) is 4.79 Å². The van der Waals surface area contributed by atoms with E-state index in [1.54, 1.807) is 6.07 Å². The highest BCUT2D eigenvalue weighted by molar-refractivity contribution is 5.94. The first-order valence-corrected chi connectivity index (χ1v) is 4.90. The fourth-order valence-corrected chi connectivity index (χ4v) is 1.61. The second-order valence-corrected chi connectivity index (χ2v) is 4.06. The first kappa shape index (κ1) is 10.8. The maximum Gasteiger partial charge on any atom is 0.248 e. The minimum absolute atomic E-state index is 0.329. The van der Waals surface area contributed by atoms with Crippen molar-refractivity contribution in [3.05, 3.63) is 34.9 Å². The van der Waals surface area contributed by atoms with Gasteiger partial charge in [-0.1, -0.05) is 26.0 Å². The van der Waals surface area contributed by atoms with E-state index in [2.05, 4.69) is 13.8 Å². The largest absolute Gasteiger partial charge is 0.366 e. The first-order chi connectivity index (χ1) is 6.52. The summed E-state index contributed by atoms with van der Waals surface area (Å²) in [5.41, 5.74) is 8.23. The van der Waals surface area contributed by atoms with Gasteiger partial charge >= 0.3 is 0 Å². The number of amides is 1. The van der Waals surface area contributed by atoms with E-state index in [-0.39, 0.29) is 5.91 Å². The van der Waals surface area contributed by atoms with Gasteiger partial charge in [0.25, 0.3) is 0 Å². The molecule has 0 saturated heterocycles. The van der Waals surface area contributed by atoms with E-state index in [4.69, 9.17) is 5.73 Å². The van der Waals surface area contributed by atoms with Gasteiger partial charge in [-0.05, 0) is 36.5 Å². The molecule has 2 N–H and O–H groups in total. The average Bonchev–Trinajstić information content (AvgIpc) is 2.07. The molecule has 0 aliphatic rings. The summed E-state index contributed by atoms with van der Waals surface area (Å²) in [5, 5.41) is 0. The Labute approximate surface area is 85.1 Å². The highest BCUT2D eigenvalue weighted by Crippen LogP contribution is 2.17. The average molecular weight is 191 g/mol. The highest BCUT2D eigenvalue weighted by Gasteiger charge is 2.10. The Morgan fingerprint density at radius 3 is 2.57 bits per heavy atom. The number of aryl methyl sites for hydroxylation is 1. The van der Waals surface area contributed by atoms with Crippen molar-refractivity contribution in [2.24, 2.45) is 11.7 Å². The van der Waals surface area contributed by atoms with Crippen molar-refractivity contribution in [3.8, 4) is 0 Å². The maximum absolute atomic E-state index is 11.2. The number of hydrogen-bond donors (Lipinski definition) is 1. The van der Waals surface area contributed by atoms with Gasteiger partial charge in [-0.3, -0.25) is 4.79 Å². The lowest BCUT2D eigenvalue weighted by molar-refractivity contribution is 0.0999. The number of benzene rings is 1. The van der Waals surface area contributed by atoms with Crippen molar-refractivity contribution < 1.29 is 4.79 Å². The molecule has 76 valence electrons. The molecule has 0 unspecified atom stereocenters. The van der Waals surface area contributed by atoms with Gasteiger partial charge in [-0.25, -0.2) is 0 Å². The third-order valence-electron chi connectivity index (χ3n) is 2.29. The van der Waals surface area contributed by atoms with Gasteiger partial charge in [0.2, 0.25) is 5.91 Å². The predicted octanol–water partition coefficient (Wildman–Crippen LogP) is 2.29. The van der Waals surface area contributed by atoms with Crippen LogP contribution in [0, 0.1) is 12.8 Å². The molecule has 0 spiro atoms. The number of hydrogen-bond acceptors (Lipinski definition) is 1. The van der Waals surface area contributed by atoms with E-state index in [0.29, 0.717) is 11.5 Å². The third kappa shape index (κ3) is 2.34. The number of nitrogens with two attached hydrogens (primary N) is 1. The molecule has 14 heavy (non-hydrogen) atoms. The molecule has 2 nitrogen and oxygen atoms in total. The lowest BCUT2D eigenvalue weighted by atomic mass is 9.94. The normalized spacial score (nSPS) is 10.6. The van der Waals surface area contributed by atoms with Gasteiger partial charge in [0.15, 0.2) is 0 Å². The Morgan fingerprint density at radius 2 is 2.07 bits per heavy atom. The molecular weight excluding hydrogens is 174 g/mol. The fraction of sp³-hybridized carbons (Fsp3) is 0.417. The van der Waals surface area contributed by atoms with Crippen molar-refractivity contribution >= 4 is 5.91 Å². The molecule has 0 fully saturated rings. The van der Waals surface area contributed by atoms with Crippen LogP contribution in [-0.4, -0.2) is 5.91 Å². The van der Waals surface area contributed by atoms with Gasteiger partial charge in [0.05, 0.1) is 0 Å². The van der Waals surface area contributed by atoms with Crippen molar-refractivity contribution in [1.29, 1.82) is 0 Å². The summed E-state index contributed by atoms with van der Waals surface area (Å²) < 4.78 is 0. The van der Waals surface area contributed by atoms with Crippen LogP contribution >= 0.6 is 0 Å². The minimum atomic E-state index is -0.329. The van der Waals surface area contributed by atoms with Gasteiger partial charge < -0.3 is 5.73 Å². The van der Waals surface area contributed by atoms with Crippen LogP contribution in [0.1, 0.15) is 35.3 Å². The number of carbonyl (C=O) groups excluding carboxylic acids is 1. The summed E-state index contributed by atoms with van der Waals surface area (Å²) in [4.78, 5) is 11.2. The van der Waals surface area contributed by atoms with Crippen LogP contribution in [-0.2, 0) is 6.42 Å². The molecule has 0 aliphatic carbocycles. The second-order valence-electron chi connectivity index (χ2n) is 4.06. The molecule has 0 radical (unpaired) electrons. The van der Waals surface area contributed by atoms with E-state index < -0.39 is 0 Å². The summed E-state index contributed by atoms with van der Waals surface area (Å²) >= 11 is 0. The topological polar surface area (TPSA) is 43.1 Å². The summed E-state index contributed by atoms with van der Waals surface area (Å²) in [5.74, 6) is 0.207. The van der Waals surface area contributed by atoms with Gasteiger partial charge in [-0.2, -0.15) is 0 Å². The zero-order chi connectivity index (χ0) is 10.7. The summed E-state index contributed by atoms with van der Waals surface area (Å²) in [6.45, 7) is 6.29. The lowest BCUT2D eigenvalue weighted by Crippen LogP contribution is -2.15. The van der Waals surface area contributed by atoms with Crippen molar-refractivity contribution in [3.63, 3.8) is 0 Å². The van der Waals surface area contributed by atoms with Crippen LogP contribution in [0.4, 0.5) is 0 Å². The Kier molecular flexibility index (Phi) is 3.28. The Morgan fingerprint density at radius 1 is 1.43 bits per heavy atom. The van der Waals surface area contributed by atoms with E-state index >= 15 is 0 Å². The molecule has 0 heterocycles. The van der Waals surface area contributed by atoms with Gasteiger partial charge in [0, 0.05) is 5.56 Å². The minimum Gasteiger partial charge on any atom is -0.366 e. The molecule has 0 bridgehead atoms. The predicted molar refractivity (Wildman–Crippen MR) is 58.2 cm³/mol. The van der Waals surface area contributed by atoms with Crippen LogP contribution in [0.15, 0.2) is 18.2 Å². The first-order valence-electron chi connectivity index (χ1n) is 4.90. The summed E-state index contributed by atoms with van der Waals surface area (Å²) in [6.07, 6.45) is 0.908. The second kappa shape index (κ2) is 4.27. The fourth-order valence-electron chi connectivity index (χ4n) is 1.61. The number of primary amides is 1. The van der Waals surface area contributed by atoms with Gasteiger partial charge in [-0.15, -0.1) is 0 Å². The standard InChI is InChI=1S/C12H17NO/c1-8(2)7-11-9(3)5-4-6-10(11)12(13)14/h4-6,8H,7H2,1-3H3,(H2,13,14). The molecule has 0 aliphatic heterocycles. The molecule has 1 aromatic rings. The summed E-state index contributed by atoms with van der Waals surface area (Å²) in [6, 6.07) is 5.69. The van der Waals surface area contributed by atoms with Crippen molar-refractivity contribution in [2.75, 3.05) is 0 Å². The lowest BCUT2D eigenvalue weighted by Gasteiger charge is -2.12. The Hall–Kier alpha value is -1.31. The maximum atomic E-state index is 11.2. The van der Waals surface area contributed by atoms with Crippen LogP contribution < -0.4 is 5.73 Å². The monoisotopic (exact) mass is 191 g/mol. The van der Waals surface area contributed by atoms with E-state index in [1.165, 1.54) is 0 Å². The highest BCUT2D eigenvalue weighted by atomic mass is 16.1. The number of rotatable bonds is 3. The SMILES string of the molecule is Cc1cccc(C(N)=O)c1CC(C)C. The Bertz CT molecular complexity index is 342. The zero-order valence-electron chi connectivity index (χ0n) is 9.00. The molecule has 0 saturated carbocycles. The molecule has 0 aromatic heterocycles. The van der Waals surface area contributed by atoms with E-state index in [1.807, 2.05) is 19.1 Å². The van der Waals surface area contributed by atoms with Gasteiger partial charge in [0.1, 0.15) is 0 Å². The smallest absolute Gasteiger partial charge is 0.248 e. The molecule has 0 atom stereocenters. The zero-order valence-corrected chi connectivity index (χ0v) is 9.00. The Balaban J connectivity index is 3.15.